The first-order chi connectivity index (χ1) is 13.7. The number of rotatable bonds is 6. The number of nitrogens with one attached hydrogen (secondary N) is 2. The summed E-state index contributed by atoms with van der Waals surface area (Å²) >= 11 is 0. The van der Waals surface area contributed by atoms with Crippen LogP contribution in [-0.4, -0.2) is 48.4 Å². The molecule has 0 aliphatic carbocycles. The molecule has 158 valence electrons. The van der Waals surface area contributed by atoms with Gasteiger partial charge in [0, 0.05) is 24.7 Å². The number of amides is 1. The lowest BCUT2D eigenvalue weighted by atomic mass is 10.1. The van der Waals surface area contributed by atoms with Gasteiger partial charge in [0.05, 0.1) is 23.8 Å². The summed E-state index contributed by atoms with van der Waals surface area (Å²) in [7, 11) is -3.54. The van der Waals surface area contributed by atoms with Crippen molar-refractivity contribution in [2.45, 2.75) is 39.2 Å². The van der Waals surface area contributed by atoms with Gasteiger partial charge in [-0.2, -0.15) is 5.10 Å². The van der Waals surface area contributed by atoms with Crippen molar-refractivity contribution in [3.05, 3.63) is 30.0 Å². The summed E-state index contributed by atoms with van der Waals surface area (Å²) < 4.78 is 27.9. The molecule has 1 amide bonds. The molecule has 0 atom stereocenters. The second-order valence-electron chi connectivity index (χ2n) is 7.59. The zero-order chi connectivity index (χ0) is 21.2. The summed E-state index contributed by atoms with van der Waals surface area (Å²) in [6, 6.07) is 5.01. The van der Waals surface area contributed by atoms with Gasteiger partial charge >= 0.3 is 0 Å². The Morgan fingerprint density at radius 1 is 1.14 bits per heavy atom. The predicted molar refractivity (Wildman–Crippen MR) is 115 cm³/mol. The van der Waals surface area contributed by atoms with Gasteiger partial charge in [0.2, 0.25) is 10.0 Å². The van der Waals surface area contributed by atoms with E-state index in [2.05, 4.69) is 15.1 Å². The Kier molecular flexibility index (Phi) is 6.02. The van der Waals surface area contributed by atoms with E-state index in [4.69, 9.17) is 5.73 Å². The molecular formula is C19H28N6O3S. The Morgan fingerprint density at radius 3 is 2.41 bits per heavy atom. The maximum atomic E-state index is 12.8. The van der Waals surface area contributed by atoms with Crippen LogP contribution >= 0.6 is 0 Å². The van der Waals surface area contributed by atoms with Gasteiger partial charge in [0.25, 0.3) is 5.91 Å². The van der Waals surface area contributed by atoms with E-state index in [1.165, 1.54) is 0 Å². The Labute approximate surface area is 171 Å². The Balaban J connectivity index is 1.93. The van der Waals surface area contributed by atoms with Crippen LogP contribution in [0.2, 0.25) is 0 Å². The number of carbonyl (C=O) groups excluding carboxylic acids is 1. The average molecular weight is 421 g/mol. The topological polar surface area (TPSA) is 122 Å². The van der Waals surface area contributed by atoms with Crippen molar-refractivity contribution in [2.24, 2.45) is 0 Å². The minimum Gasteiger partial charge on any atom is -0.382 e. The van der Waals surface area contributed by atoms with Gasteiger partial charge in [-0.1, -0.05) is 0 Å². The molecule has 2 aromatic rings. The third-order valence-corrected chi connectivity index (χ3v) is 5.39. The molecule has 0 saturated carbocycles. The zero-order valence-electron chi connectivity index (χ0n) is 17.0. The lowest BCUT2D eigenvalue weighted by Crippen LogP contribution is -2.35. The van der Waals surface area contributed by atoms with Gasteiger partial charge < -0.3 is 16.0 Å². The number of piperidine rings is 1. The molecule has 0 unspecified atom stereocenters. The predicted octanol–water partition coefficient (Wildman–Crippen LogP) is 2.79. The van der Waals surface area contributed by atoms with Gasteiger partial charge in [-0.3, -0.25) is 9.52 Å². The SMILES string of the molecule is CC(C)n1ncc(Nc2ccc(C(=O)N3CCCCC3)cc2NS(C)(=O)=O)c1N. The van der Waals surface area contributed by atoms with Crippen LogP contribution < -0.4 is 15.8 Å². The number of likely N-dealkylation sites (tertiary alicyclic amines) is 1. The average Bonchev–Trinajstić information content (AvgIpc) is 3.02. The van der Waals surface area contributed by atoms with Gasteiger partial charge in [-0.25, -0.2) is 13.1 Å². The molecule has 1 aromatic carbocycles. The van der Waals surface area contributed by atoms with Crippen LogP contribution in [-0.2, 0) is 10.0 Å². The largest absolute Gasteiger partial charge is 0.382 e. The summed E-state index contributed by atoms with van der Waals surface area (Å²) in [6.45, 7) is 5.37. The van der Waals surface area contributed by atoms with E-state index < -0.39 is 10.0 Å². The summed E-state index contributed by atoms with van der Waals surface area (Å²) in [6.07, 6.45) is 5.75. The molecule has 10 heteroatoms. The van der Waals surface area contributed by atoms with Gasteiger partial charge in [0.15, 0.2) is 0 Å². The minimum atomic E-state index is -3.54. The van der Waals surface area contributed by atoms with Crippen molar-refractivity contribution < 1.29 is 13.2 Å². The number of sulfonamides is 1. The van der Waals surface area contributed by atoms with Crippen molar-refractivity contribution in [3.8, 4) is 0 Å². The van der Waals surface area contributed by atoms with Gasteiger partial charge in [-0.15, -0.1) is 0 Å². The molecule has 1 aliphatic rings. The number of nitrogens with two attached hydrogens (primary N) is 1. The fourth-order valence-electron chi connectivity index (χ4n) is 3.37. The first-order valence-corrected chi connectivity index (χ1v) is 11.6. The molecule has 3 rings (SSSR count). The molecule has 2 heterocycles. The third-order valence-electron chi connectivity index (χ3n) is 4.80. The lowest BCUT2D eigenvalue weighted by Gasteiger charge is -2.27. The fourth-order valence-corrected chi connectivity index (χ4v) is 3.94. The molecule has 4 N–H and O–H groups in total. The highest BCUT2D eigenvalue weighted by atomic mass is 32.2. The number of benzene rings is 1. The van der Waals surface area contributed by atoms with E-state index in [1.807, 2.05) is 13.8 Å². The Bertz CT molecular complexity index is 993. The van der Waals surface area contributed by atoms with E-state index in [-0.39, 0.29) is 17.6 Å². The minimum absolute atomic E-state index is 0.0868. The quantitative estimate of drug-likeness (QED) is 0.660. The number of hydrogen-bond donors (Lipinski definition) is 3. The van der Waals surface area contributed by atoms with E-state index >= 15 is 0 Å². The van der Waals surface area contributed by atoms with Crippen molar-refractivity contribution in [2.75, 3.05) is 35.1 Å². The van der Waals surface area contributed by atoms with Crippen molar-refractivity contribution >= 4 is 38.8 Å². The smallest absolute Gasteiger partial charge is 0.253 e. The number of carbonyl (C=O) groups is 1. The molecule has 0 radical (unpaired) electrons. The van der Waals surface area contributed by atoms with Crippen LogP contribution in [0.1, 0.15) is 49.5 Å². The number of nitrogen functional groups attached to an aromatic ring is 1. The van der Waals surface area contributed by atoms with Crippen molar-refractivity contribution in [3.63, 3.8) is 0 Å². The maximum Gasteiger partial charge on any atom is 0.253 e. The Hall–Kier alpha value is -2.75. The number of aromatic nitrogens is 2. The van der Waals surface area contributed by atoms with Crippen LogP contribution in [0.4, 0.5) is 22.9 Å². The summed E-state index contributed by atoms with van der Waals surface area (Å²) in [4.78, 5) is 14.6. The number of anilines is 4. The fraction of sp³-hybridized carbons (Fsp3) is 0.474. The van der Waals surface area contributed by atoms with E-state index in [0.29, 0.717) is 22.8 Å². The van der Waals surface area contributed by atoms with E-state index in [9.17, 15) is 13.2 Å². The second kappa shape index (κ2) is 8.32. The maximum absolute atomic E-state index is 12.8. The van der Waals surface area contributed by atoms with Crippen LogP contribution in [0.5, 0.6) is 0 Å². The standard InChI is InChI=1S/C19H28N6O3S/c1-13(2)25-18(20)17(12-21-25)22-15-8-7-14(11-16(15)23-29(3,27)28)19(26)24-9-5-4-6-10-24/h7-8,11-13,22-23H,4-6,9-10,20H2,1-3H3. The molecular weight excluding hydrogens is 392 g/mol. The van der Waals surface area contributed by atoms with Gasteiger partial charge in [0.1, 0.15) is 11.5 Å². The molecule has 0 bridgehead atoms. The summed E-state index contributed by atoms with van der Waals surface area (Å²) in [5, 5.41) is 7.38. The zero-order valence-corrected chi connectivity index (χ0v) is 17.8. The monoisotopic (exact) mass is 420 g/mol. The van der Waals surface area contributed by atoms with Crippen LogP contribution in [0.15, 0.2) is 24.4 Å². The first-order valence-electron chi connectivity index (χ1n) is 9.67. The Morgan fingerprint density at radius 2 is 1.83 bits per heavy atom. The second-order valence-corrected chi connectivity index (χ2v) is 9.34. The molecule has 9 nitrogen and oxygen atoms in total. The van der Waals surface area contributed by atoms with Gasteiger partial charge in [-0.05, 0) is 51.3 Å². The summed E-state index contributed by atoms with van der Waals surface area (Å²) in [5.74, 6) is 0.346. The first kappa shape index (κ1) is 21.0. The number of hydrogen-bond acceptors (Lipinski definition) is 6. The number of nitrogens with zero attached hydrogens (tertiary/aromatic N) is 3. The van der Waals surface area contributed by atoms with E-state index in [0.717, 1.165) is 38.6 Å². The van der Waals surface area contributed by atoms with Crippen LogP contribution in [0, 0.1) is 0 Å². The third kappa shape index (κ3) is 5.00. The molecule has 1 aromatic heterocycles. The highest BCUT2D eigenvalue weighted by molar-refractivity contribution is 7.92. The highest BCUT2D eigenvalue weighted by Gasteiger charge is 2.20. The van der Waals surface area contributed by atoms with Crippen molar-refractivity contribution in [1.29, 1.82) is 0 Å². The normalized spacial score (nSPS) is 14.8. The lowest BCUT2D eigenvalue weighted by molar-refractivity contribution is 0.0724. The molecule has 1 aliphatic heterocycles. The highest BCUT2D eigenvalue weighted by Crippen LogP contribution is 2.31. The molecule has 29 heavy (non-hydrogen) atoms. The van der Waals surface area contributed by atoms with E-state index in [1.54, 1.807) is 34.0 Å². The molecule has 1 fully saturated rings. The summed E-state index contributed by atoms with van der Waals surface area (Å²) in [5.41, 5.74) is 7.91. The molecule has 0 spiro atoms. The van der Waals surface area contributed by atoms with Crippen LogP contribution in [0.25, 0.3) is 0 Å². The van der Waals surface area contributed by atoms with Crippen molar-refractivity contribution in [1.82, 2.24) is 14.7 Å². The molecule has 1 saturated heterocycles. The van der Waals surface area contributed by atoms with Crippen LogP contribution in [0.3, 0.4) is 0 Å².